The minimum Gasteiger partial charge on any atom is -0.386 e. The summed E-state index contributed by atoms with van der Waals surface area (Å²) in [5.41, 5.74) is 0.973. The zero-order valence-corrected chi connectivity index (χ0v) is 10.3. The third kappa shape index (κ3) is 1.98. The van der Waals surface area contributed by atoms with E-state index in [0.29, 0.717) is 0 Å². The standard InChI is InChI=1S/C13H16O2S/c1-3-11(15-2)12(14)10-6-4-5-9-7-8-16-13(9)10/h4-8,11-12,14H,3H2,1-2H3. The minimum absolute atomic E-state index is 0.132. The molecule has 0 bridgehead atoms. The Bertz CT molecular complexity index is 460. The maximum Gasteiger partial charge on any atom is 0.106 e. The molecule has 0 amide bonds. The van der Waals surface area contributed by atoms with Crippen molar-refractivity contribution in [2.75, 3.05) is 7.11 Å². The Morgan fingerprint density at radius 1 is 1.38 bits per heavy atom. The first-order valence-electron chi connectivity index (χ1n) is 5.45. The van der Waals surface area contributed by atoms with Gasteiger partial charge < -0.3 is 9.84 Å². The van der Waals surface area contributed by atoms with Crippen molar-refractivity contribution in [1.82, 2.24) is 0 Å². The number of fused-ring (bicyclic) bond motifs is 1. The van der Waals surface area contributed by atoms with Crippen LogP contribution in [0.25, 0.3) is 10.1 Å². The van der Waals surface area contributed by atoms with Crippen molar-refractivity contribution in [3.05, 3.63) is 35.2 Å². The highest BCUT2D eigenvalue weighted by Gasteiger charge is 2.20. The van der Waals surface area contributed by atoms with Gasteiger partial charge in [0, 0.05) is 17.4 Å². The predicted molar refractivity (Wildman–Crippen MR) is 67.9 cm³/mol. The highest BCUT2D eigenvalue weighted by molar-refractivity contribution is 7.17. The largest absolute Gasteiger partial charge is 0.386 e. The molecule has 1 heterocycles. The van der Waals surface area contributed by atoms with Gasteiger partial charge in [-0.05, 0) is 23.3 Å². The van der Waals surface area contributed by atoms with Crippen LogP contribution in [0.2, 0.25) is 0 Å². The summed E-state index contributed by atoms with van der Waals surface area (Å²) >= 11 is 1.67. The van der Waals surface area contributed by atoms with Gasteiger partial charge in [0.2, 0.25) is 0 Å². The van der Waals surface area contributed by atoms with Crippen LogP contribution in [0.1, 0.15) is 25.0 Å². The average Bonchev–Trinajstić information content (AvgIpc) is 2.78. The molecule has 0 aliphatic rings. The maximum absolute atomic E-state index is 10.3. The molecule has 0 saturated heterocycles. The van der Waals surface area contributed by atoms with Gasteiger partial charge in [0.25, 0.3) is 0 Å². The molecular weight excluding hydrogens is 220 g/mol. The molecule has 0 aliphatic heterocycles. The minimum atomic E-state index is -0.544. The van der Waals surface area contributed by atoms with E-state index in [1.165, 1.54) is 5.39 Å². The van der Waals surface area contributed by atoms with Crippen LogP contribution in [-0.4, -0.2) is 18.3 Å². The van der Waals surface area contributed by atoms with E-state index in [1.807, 2.05) is 19.1 Å². The van der Waals surface area contributed by atoms with E-state index >= 15 is 0 Å². The number of ether oxygens (including phenoxy) is 1. The van der Waals surface area contributed by atoms with Crippen LogP contribution >= 0.6 is 11.3 Å². The van der Waals surface area contributed by atoms with Crippen LogP contribution < -0.4 is 0 Å². The predicted octanol–water partition coefficient (Wildman–Crippen LogP) is 3.36. The molecule has 2 rings (SSSR count). The number of methoxy groups -OCH3 is 1. The van der Waals surface area contributed by atoms with Crippen molar-refractivity contribution >= 4 is 21.4 Å². The number of aliphatic hydroxyl groups excluding tert-OH is 1. The Morgan fingerprint density at radius 2 is 2.19 bits per heavy atom. The average molecular weight is 236 g/mol. The molecule has 0 radical (unpaired) electrons. The van der Waals surface area contributed by atoms with Gasteiger partial charge in [0.1, 0.15) is 6.10 Å². The number of rotatable bonds is 4. The lowest BCUT2D eigenvalue weighted by Gasteiger charge is -2.20. The quantitative estimate of drug-likeness (QED) is 0.882. The monoisotopic (exact) mass is 236 g/mol. The van der Waals surface area contributed by atoms with Crippen LogP contribution in [0.3, 0.4) is 0 Å². The summed E-state index contributed by atoms with van der Waals surface area (Å²) in [7, 11) is 1.64. The normalized spacial score (nSPS) is 15.2. The van der Waals surface area contributed by atoms with E-state index < -0.39 is 6.10 Å². The summed E-state index contributed by atoms with van der Waals surface area (Å²) in [6.07, 6.45) is 0.129. The Balaban J connectivity index is 2.42. The molecule has 2 atom stereocenters. The van der Waals surface area contributed by atoms with E-state index in [0.717, 1.165) is 16.7 Å². The molecule has 0 saturated carbocycles. The van der Waals surface area contributed by atoms with Gasteiger partial charge in [-0.15, -0.1) is 11.3 Å². The van der Waals surface area contributed by atoms with Crippen molar-refractivity contribution in [1.29, 1.82) is 0 Å². The molecule has 0 fully saturated rings. The topological polar surface area (TPSA) is 29.5 Å². The summed E-state index contributed by atoms with van der Waals surface area (Å²) in [5.74, 6) is 0. The fraction of sp³-hybridized carbons (Fsp3) is 0.385. The first-order valence-corrected chi connectivity index (χ1v) is 6.33. The van der Waals surface area contributed by atoms with Crippen molar-refractivity contribution in [3.63, 3.8) is 0 Å². The van der Waals surface area contributed by atoms with Gasteiger partial charge in [0.15, 0.2) is 0 Å². The summed E-state index contributed by atoms with van der Waals surface area (Å²) < 4.78 is 6.45. The van der Waals surface area contributed by atoms with Crippen molar-refractivity contribution < 1.29 is 9.84 Å². The van der Waals surface area contributed by atoms with E-state index in [1.54, 1.807) is 18.4 Å². The second kappa shape index (κ2) is 4.95. The van der Waals surface area contributed by atoms with E-state index in [4.69, 9.17) is 4.74 Å². The summed E-state index contributed by atoms with van der Waals surface area (Å²) in [6.45, 7) is 2.02. The molecule has 0 spiro atoms. The second-order valence-electron chi connectivity index (χ2n) is 3.81. The highest BCUT2D eigenvalue weighted by Crippen LogP contribution is 2.31. The molecule has 0 aliphatic carbocycles. The van der Waals surface area contributed by atoms with E-state index in [2.05, 4.69) is 17.5 Å². The highest BCUT2D eigenvalue weighted by atomic mass is 32.1. The Morgan fingerprint density at radius 3 is 2.88 bits per heavy atom. The smallest absolute Gasteiger partial charge is 0.106 e. The van der Waals surface area contributed by atoms with E-state index in [-0.39, 0.29) is 6.10 Å². The molecule has 1 aromatic carbocycles. The molecule has 16 heavy (non-hydrogen) atoms. The maximum atomic E-state index is 10.3. The number of benzene rings is 1. The summed E-state index contributed by atoms with van der Waals surface area (Å²) in [5, 5.41) is 13.5. The van der Waals surface area contributed by atoms with Gasteiger partial charge in [0.05, 0.1) is 6.10 Å². The molecule has 2 unspecified atom stereocenters. The molecule has 1 aromatic heterocycles. The van der Waals surface area contributed by atoms with Crippen LogP contribution in [0.5, 0.6) is 0 Å². The van der Waals surface area contributed by atoms with Gasteiger partial charge in [-0.2, -0.15) is 0 Å². The molecule has 2 nitrogen and oxygen atoms in total. The molecule has 86 valence electrons. The van der Waals surface area contributed by atoms with Gasteiger partial charge >= 0.3 is 0 Å². The van der Waals surface area contributed by atoms with Crippen LogP contribution in [-0.2, 0) is 4.74 Å². The van der Waals surface area contributed by atoms with Crippen molar-refractivity contribution in [2.24, 2.45) is 0 Å². The molecular formula is C13H16O2S. The number of aliphatic hydroxyl groups is 1. The SMILES string of the molecule is CCC(OC)C(O)c1cccc2ccsc12. The van der Waals surface area contributed by atoms with Crippen LogP contribution in [0.15, 0.2) is 29.6 Å². The van der Waals surface area contributed by atoms with Crippen LogP contribution in [0, 0.1) is 0 Å². The lowest BCUT2D eigenvalue weighted by molar-refractivity contribution is -0.0140. The van der Waals surface area contributed by atoms with Gasteiger partial charge in [-0.25, -0.2) is 0 Å². The third-order valence-corrected chi connectivity index (χ3v) is 3.86. The Kier molecular flexibility index (Phi) is 3.59. The summed E-state index contributed by atoms with van der Waals surface area (Å²) in [6, 6.07) is 8.10. The first kappa shape index (κ1) is 11.6. The number of hydrogen-bond donors (Lipinski definition) is 1. The zero-order chi connectivity index (χ0) is 11.5. The van der Waals surface area contributed by atoms with Crippen molar-refractivity contribution in [2.45, 2.75) is 25.6 Å². The third-order valence-electron chi connectivity index (χ3n) is 2.89. The van der Waals surface area contributed by atoms with Crippen LogP contribution in [0.4, 0.5) is 0 Å². The molecule has 1 N–H and O–H groups in total. The van der Waals surface area contributed by atoms with Gasteiger partial charge in [-0.3, -0.25) is 0 Å². The lowest BCUT2D eigenvalue weighted by atomic mass is 10.0. The fourth-order valence-corrected chi connectivity index (χ4v) is 2.92. The van der Waals surface area contributed by atoms with Crippen molar-refractivity contribution in [3.8, 4) is 0 Å². The number of hydrogen-bond acceptors (Lipinski definition) is 3. The second-order valence-corrected chi connectivity index (χ2v) is 4.73. The van der Waals surface area contributed by atoms with Gasteiger partial charge in [-0.1, -0.05) is 25.1 Å². The number of thiophene rings is 1. The molecule has 3 heteroatoms. The molecule has 2 aromatic rings. The first-order chi connectivity index (χ1) is 7.77. The van der Waals surface area contributed by atoms with E-state index in [9.17, 15) is 5.11 Å². The summed E-state index contributed by atoms with van der Waals surface area (Å²) in [4.78, 5) is 0. The fourth-order valence-electron chi connectivity index (χ4n) is 1.97. The lowest BCUT2D eigenvalue weighted by Crippen LogP contribution is -2.19. The Labute approximate surface area is 99.5 Å². The zero-order valence-electron chi connectivity index (χ0n) is 9.51. The Hall–Kier alpha value is -0.900.